The average molecular weight is 1250 g/mol. The number of hydrogen-bond donors (Lipinski definition) is 2. The van der Waals surface area contributed by atoms with Crippen LogP contribution in [-0.2, 0) is 27.9 Å². The van der Waals surface area contributed by atoms with Crippen LogP contribution in [0.1, 0.15) is 380 Å². The van der Waals surface area contributed by atoms with Crippen LogP contribution in [-0.4, -0.2) is 74.3 Å². The highest BCUT2D eigenvalue weighted by atomic mass is 31.2. The maximum Gasteiger partial charge on any atom is 0.472 e. The molecule has 0 saturated carbocycles. The summed E-state index contributed by atoms with van der Waals surface area (Å²) in [5.74, 6) is -0.486. The molecule has 0 radical (unpaired) electrons. The number of carbonyl (C=O) groups excluding carboxylic acids is 2. The fourth-order valence-electron chi connectivity index (χ4n) is 11.4. The number of unbranched alkanes of at least 4 members (excludes halogenated alkanes) is 48. The van der Waals surface area contributed by atoms with Gasteiger partial charge in [0.05, 0.1) is 33.8 Å². The second-order valence-electron chi connectivity index (χ2n) is 27.2. The van der Waals surface area contributed by atoms with Gasteiger partial charge in [-0.2, -0.15) is 0 Å². The Hall–Kier alpha value is -2.03. The number of likely N-dealkylation sites (N-methyl/N-ethyl adjacent to an activating group) is 1. The van der Waals surface area contributed by atoms with Crippen LogP contribution in [0.5, 0.6) is 0 Å². The standard InChI is InChI=1S/C77H147N2O7P/c1-7-10-13-16-19-22-25-27-29-31-33-35-37-38-39-40-42-43-45-47-49-51-54-57-60-63-66-69-76(80)78-74(73-85-87(82,83)84-72-71-79(4,5)6)75(68-65-62-59-56-53-24-21-18-15-12-9-3)86-77(81)70-67-64-61-58-55-52-50-48-46-44-41-36-34-32-30-28-26-23-20-17-14-11-8-2/h19,22,27-30,65,68,74-75H,7-18,20-21,23-26,31-64,66-67,69-73H2,1-6H3,(H-,78,80,82,83)/p+1/b22-19-,29-27-,30-28+,68-65-. The number of amides is 1. The summed E-state index contributed by atoms with van der Waals surface area (Å²) < 4.78 is 30.9. The molecule has 0 aliphatic heterocycles. The molecular weight excluding hydrogens is 1100 g/mol. The second kappa shape index (κ2) is 66.9. The number of nitrogens with zero attached hydrogens (tertiary/aromatic N) is 1. The molecule has 3 unspecified atom stereocenters. The third-order valence-corrected chi connectivity index (χ3v) is 18.2. The number of esters is 1. The molecule has 0 bridgehead atoms. The van der Waals surface area contributed by atoms with Crippen LogP contribution in [0.2, 0.25) is 0 Å². The molecule has 87 heavy (non-hydrogen) atoms. The molecule has 2 N–H and O–H groups in total. The van der Waals surface area contributed by atoms with E-state index in [-0.39, 0.29) is 25.1 Å². The maximum absolute atomic E-state index is 13.6. The van der Waals surface area contributed by atoms with Gasteiger partial charge in [-0.25, -0.2) is 4.57 Å². The zero-order valence-electron chi connectivity index (χ0n) is 58.8. The van der Waals surface area contributed by atoms with Gasteiger partial charge in [0.2, 0.25) is 5.91 Å². The minimum atomic E-state index is -4.45. The molecule has 0 fully saturated rings. The molecule has 9 nitrogen and oxygen atoms in total. The third kappa shape index (κ3) is 68.2. The Morgan fingerprint density at radius 1 is 0.402 bits per heavy atom. The zero-order valence-corrected chi connectivity index (χ0v) is 59.7. The predicted octanol–water partition coefficient (Wildman–Crippen LogP) is 24.4. The number of allylic oxidation sites excluding steroid dienone is 7. The van der Waals surface area contributed by atoms with Gasteiger partial charge in [0, 0.05) is 12.8 Å². The highest BCUT2D eigenvalue weighted by Gasteiger charge is 2.30. The number of ether oxygens (including phenoxy) is 1. The van der Waals surface area contributed by atoms with Crippen molar-refractivity contribution in [3.8, 4) is 0 Å². The monoisotopic (exact) mass is 1240 g/mol. The van der Waals surface area contributed by atoms with Crippen molar-refractivity contribution < 1.29 is 37.3 Å². The maximum atomic E-state index is 13.6. The van der Waals surface area contributed by atoms with Crippen LogP contribution in [0.3, 0.4) is 0 Å². The normalized spacial score (nSPS) is 13.7. The lowest BCUT2D eigenvalue weighted by Gasteiger charge is -2.27. The first-order valence-corrected chi connectivity index (χ1v) is 39.5. The SMILES string of the molecule is CCCCC/C=C\C/C=C\CCCCCCCCCCCCCCCCCCCC(=O)NC(COP(=O)(O)OCC[N+](C)(C)C)C(/C=C\CCCCCCCCCCC)OC(=O)CCCCCCCCCCCCCCC/C=C/CCCCCCCC. The van der Waals surface area contributed by atoms with E-state index in [1.54, 1.807) is 0 Å². The van der Waals surface area contributed by atoms with Gasteiger partial charge >= 0.3 is 13.8 Å². The summed E-state index contributed by atoms with van der Waals surface area (Å²) in [5, 5.41) is 3.08. The number of quaternary nitrogens is 1. The largest absolute Gasteiger partial charge is 0.472 e. The molecule has 0 spiro atoms. The van der Waals surface area contributed by atoms with E-state index < -0.39 is 20.0 Å². The molecule has 0 heterocycles. The molecule has 0 aliphatic carbocycles. The van der Waals surface area contributed by atoms with Crippen LogP contribution >= 0.6 is 7.82 Å². The van der Waals surface area contributed by atoms with Gasteiger partial charge in [-0.1, -0.05) is 327 Å². The number of nitrogens with one attached hydrogen (secondary N) is 1. The van der Waals surface area contributed by atoms with Crippen molar-refractivity contribution in [3.63, 3.8) is 0 Å². The first kappa shape index (κ1) is 85.0. The topological polar surface area (TPSA) is 111 Å². The Bertz CT molecular complexity index is 1620. The average Bonchev–Trinajstić information content (AvgIpc) is 3.70. The van der Waals surface area contributed by atoms with Crippen molar-refractivity contribution in [1.82, 2.24) is 5.32 Å². The van der Waals surface area contributed by atoms with Crippen molar-refractivity contribution >= 4 is 19.7 Å². The van der Waals surface area contributed by atoms with E-state index in [2.05, 4.69) is 62.5 Å². The van der Waals surface area contributed by atoms with Crippen molar-refractivity contribution in [2.75, 3.05) is 40.9 Å². The van der Waals surface area contributed by atoms with E-state index >= 15 is 0 Å². The van der Waals surface area contributed by atoms with Gasteiger partial charge in [0.15, 0.2) is 0 Å². The number of phosphoric ester groups is 1. The Kier molecular flexibility index (Phi) is 65.3. The Morgan fingerprint density at radius 2 is 0.701 bits per heavy atom. The molecule has 10 heteroatoms. The van der Waals surface area contributed by atoms with Gasteiger partial charge in [-0.15, -0.1) is 0 Å². The van der Waals surface area contributed by atoms with Crippen LogP contribution in [0.4, 0.5) is 0 Å². The summed E-state index contributed by atoms with van der Waals surface area (Å²) in [5.41, 5.74) is 0. The molecule has 1 amide bonds. The molecule has 0 saturated heterocycles. The minimum Gasteiger partial charge on any atom is -0.456 e. The summed E-state index contributed by atoms with van der Waals surface area (Å²) in [6, 6.07) is -0.847. The van der Waals surface area contributed by atoms with Crippen molar-refractivity contribution in [3.05, 3.63) is 48.6 Å². The van der Waals surface area contributed by atoms with Crippen molar-refractivity contribution in [2.45, 2.75) is 392 Å². The van der Waals surface area contributed by atoms with Crippen molar-refractivity contribution in [2.24, 2.45) is 0 Å². The van der Waals surface area contributed by atoms with E-state index in [1.807, 2.05) is 33.3 Å². The van der Waals surface area contributed by atoms with Gasteiger partial charge in [0.1, 0.15) is 19.3 Å². The van der Waals surface area contributed by atoms with Gasteiger partial charge in [0.25, 0.3) is 0 Å². The van der Waals surface area contributed by atoms with Gasteiger partial charge in [-0.3, -0.25) is 18.6 Å². The molecular formula is C77H148N2O7P+. The van der Waals surface area contributed by atoms with Crippen LogP contribution < -0.4 is 5.32 Å². The molecule has 512 valence electrons. The Labute approximate surface area is 541 Å². The van der Waals surface area contributed by atoms with Gasteiger partial charge in [-0.05, 0) is 89.5 Å². The summed E-state index contributed by atoms with van der Waals surface area (Å²) >= 11 is 0. The van der Waals surface area contributed by atoms with Crippen LogP contribution in [0, 0.1) is 0 Å². The Balaban J connectivity index is 4.90. The summed E-state index contributed by atoms with van der Waals surface area (Å²) in [4.78, 5) is 37.9. The zero-order chi connectivity index (χ0) is 63.5. The first-order valence-electron chi connectivity index (χ1n) is 38.0. The van der Waals surface area contributed by atoms with E-state index in [0.29, 0.717) is 23.9 Å². The summed E-state index contributed by atoms with van der Waals surface area (Å²) in [6.07, 6.45) is 85.7. The second-order valence-corrected chi connectivity index (χ2v) is 28.6. The van der Waals surface area contributed by atoms with Gasteiger partial charge < -0.3 is 19.4 Å². The minimum absolute atomic E-state index is 0.0424. The highest BCUT2D eigenvalue weighted by Crippen LogP contribution is 2.43. The third-order valence-electron chi connectivity index (χ3n) is 17.2. The molecule has 0 aliphatic rings. The predicted molar refractivity (Wildman–Crippen MR) is 379 cm³/mol. The van der Waals surface area contributed by atoms with E-state index in [4.69, 9.17) is 13.8 Å². The molecule has 0 aromatic rings. The van der Waals surface area contributed by atoms with E-state index in [1.165, 1.54) is 283 Å². The molecule has 0 aromatic heterocycles. The number of carbonyl (C=O) groups is 2. The number of hydrogen-bond acceptors (Lipinski definition) is 6. The fraction of sp³-hybridized carbons (Fsp3) is 0.870. The lowest BCUT2D eigenvalue weighted by atomic mass is 10.0. The number of rotatable bonds is 70. The summed E-state index contributed by atoms with van der Waals surface area (Å²) in [7, 11) is 1.51. The lowest BCUT2D eigenvalue weighted by Crippen LogP contribution is -2.47. The van der Waals surface area contributed by atoms with Crippen LogP contribution in [0.25, 0.3) is 0 Å². The smallest absolute Gasteiger partial charge is 0.456 e. The lowest BCUT2D eigenvalue weighted by molar-refractivity contribution is -0.870. The number of phosphoric acid groups is 1. The highest BCUT2D eigenvalue weighted by molar-refractivity contribution is 7.47. The van der Waals surface area contributed by atoms with Crippen molar-refractivity contribution in [1.29, 1.82) is 0 Å². The molecule has 0 rings (SSSR count). The molecule has 0 aromatic carbocycles. The van der Waals surface area contributed by atoms with Crippen LogP contribution in [0.15, 0.2) is 48.6 Å². The quantitative estimate of drug-likeness (QED) is 0.0205. The Morgan fingerprint density at radius 3 is 1.07 bits per heavy atom. The molecule has 3 atom stereocenters. The first-order chi connectivity index (χ1) is 42.4. The van der Waals surface area contributed by atoms with E-state index in [9.17, 15) is 19.0 Å². The van der Waals surface area contributed by atoms with E-state index in [0.717, 1.165) is 64.2 Å². The fourth-order valence-corrected chi connectivity index (χ4v) is 12.1. The summed E-state index contributed by atoms with van der Waals surface area (Å²) in [6.45, 7) is 7.04.